The lowest BCUT2D eigenvalue weighted by molar-refractivity contribution is 0.368. The van der Waals surface area contributed by atoms with Gasteiger partial charge in [0, 0.05) is 13.1 Å². The van der Waals surface area contributed by atoms with Crippen molar-refractivity contribution in [3.63, 3.8) is 0 Å². The minimum absolute atomic E-state index is 0.576. The fourth-order valence-corrected chi connectivity index (χ4v) is 2.19. The number of nitrogens with two attached hydrogens (primary N) is 1. The van der Waals surface area contributed by atoms with E-state index in [2.05, 4.69) is 9.89 Å². The molecule has 86 valence electrons. The normalized spacial score (nSPS) is 17.7. The van der Waals surface area contributed by atoms with Gasteiger partial charge in [-0.05, 0) is 25.0 Å². The molecule has 0 amide bonds. The summed E-state index contributed by atoms with van der Waals surface area (Å²) >= 11 is 0. The summed E-state index contributed by atoms with van der Waals surface area (Å²) in [5.74, 6) is 0.623. The van der Waals surface area contributed by atoms with Gasteiger partial charge in [0.2, 0.25) is 0 Å². The van der Waals surface area contributed by atoms with Crippen LogP contribution in [0.15, 0.2) is 35.3 Å². The van der Waals surface area contributed by atoms with Crippen molar-refractivity contribution in [3.8, 4) is 0 Å². The molecule has 0 saturated heterocycles. The van der Waals surface area contributed by atoms with Crippen LogP contribution in [0, 0.1) is 0 Å². The number of rotatable bonds is 2. The summed E-state index contributed by atoms with van der Waals surface area (Å²) in [4.78, 5) is 6.54. The van der Waals surface area contributed by atoms with Gasteiger partial charge in [-0.1, -0.05) is 31.0 Å². The third kappa shape index (κ3) is 2.54. The van der Waals surface area contributed by atoms with Crippen LogP contribution in [-0.4, -0.2) is 23.9 Å². The molecule has 2 N–H and O–H groups in total. The average molecular weight is 217 g/mol. The van der Waals surface area contributed by atoms with E-state index in [1.54, 1.807) is 0 Å². The summed E-state index contributed by atoms with van der Waals surface area (Å²) in [5, 5.41) is 0. The summed E-state index contributed by atoms with van der Waals surface area (Å²) in [6.45, 7) is 0. The highest BCUT2D eigenvalue weighted by Crippen LogP contribution is 2.22. The third-order valence-corrected chi connectivity index (χ3v) is 3.23. The number of aliphatic imine (C=N–C) groups is 1. The van der Waals surface area contributed by atoms with Crippen LogP contribution in [0.3, 0.4) is 0 Å². The van der Waals surface area contributed by atoms with Gasteiger partial charge in [-0.3, -0.25) is 0 Å². The minimum Gasteiger partial charge on any atom is -0.369 e. The third-order valence-electron chi connectivity index (χ3n) is 3.23. The molecular weight excluding hydrogens is 198 g/mol. The zero-order chi connectivity index (χ0) is 11.4. The Hall–Kier alpha value is -1.51. The first kappa shape index (κ1) is 11.0. The maximum absolute atomic E-state index is 6.00. The van der Waals surface area contributed by atoms with Gasteiger partial charge in [0.25, 0.3) is 0 Å². The van der Waals surface area contributed by atoms with Crippen molar-refractivity contribution in [2.45, 2.75) is 31.7 Å². The highest BCUT2D eigenvalue weighted by molar-refractivity contribution is 5.81. The fourth-order valence-electron chi connectivity index (χ4n) is 2.19. The van der Waals surface area contributed by atoms with Crippen molar-refractivity contribution >= 4 is 11.6 Å². The molecule has 0 bridgehead atoms. The Bertz CT molecular complexity index is 353. The van der Waals surface area contributed by atoms with E-state index in [9.17, 15) is 0 Å². The van der Waals surface area contributed by atoms with Gasteiger partial charge in [0.1, 0.15) is 0 Å². The number of hydrogen-bond donors (Lipinski definition) is 1. The van der Waals surface area contributed by atoms with Crippen LogP contribution in [0.2, 0.25) is 0 Å². The van der Waals surface area contributed by atoms with Crippen LogP contribution in [0.25, 0.3) is 0 Å². The lowest BCUT2D eigenvalue weighted by atomic mass is 10.2. The van der Waals surface area contributed by atoms with E-state index < -0.39 is 0 Å². The van der Waals surface area contributed by atoms with Crippen LogP contribution in [-0.2, 0) is 0 Å². The number of para-hydroxylation sites is 1. The first-order valence-electron chi connectivity index (χ1n) is 5.89. The maximum Gasteiger partial charge on any atom is 0.196 e. The molecule has 3 heteroatoms. The van der Waals surface area contributed by atoms with Crippen LogP contribution in [0.5, 0.6) is 0 Å². The van der Waals surface area contributed by atoms with Gasteiger partial charge in [0.15, 0.2) is 5.96 Å². The summed E-state index contributed by atoms with van der Waals surface area (Å²) in [7, 11) is 2.04. The molecule has 0 unspecified atom stereocenters. The lowest BCUT2D eigenvalue weighted by Gasteiger charge is -2.25. The zero-order valence-electron chi connectivity index (χ0n) is 9.76. The summed E-state index contributed by atoms with van der Waals surface area (Å²) in [5.41, 5.74) is 6.93. The van der Waals surface area contributed by atoms with E-state index in [0.717, 1.165) is 5.69 Å². The first-order chi connectivity index (χ1) is 7.77. The molecule has 3 nitrogen and oxygen atoms in total. The monoisotopic (exact) mass is 217 g/mol. The van der Waals surface area contributed by atoms with Crippen molar-refractivity contribution in [2.75, 3.05) is 7.05 Å². The zero-order valence-corrected chi connectivity index (χ0v) is 9.76. The standard InChI is InChI=1S/C13H19N3/c1-16(12-9-5-6-10-12)13(14)15-11-7-3-2-4-8-11/h2-4,7-8,12H,5-6,9-10H2,1H3,(H2,14,15). The van der Waals surface area contributed by atoms with Crippen LogP contribution < -0.4 is 5.73 Å². The number of nitrogens with zero attached hydrogens (tertiary/aromatic N) is 2. The Kier molecular flexibility index (Phi) is 3.44. The van der Waals surface area contributed by atoms with Crippen molar-refractivity contribution in [1.29, 1.82) is 0 Å². The van der Waals surface area contributed by atoms with Crippen LogP contribution >= 0.6 is 0 Å². The molecule has 0 radical (unpaired) electrons. The minimum atomic E-state index is 0.576. The number of guanidine groups is 1. The predicted molar refractivity (Wildman–Crippen MR) is 67.7 cm³/mol. The molecule has 1 aliphatic carbocycles. The molecule has 0 heterocycles. The number of hydrogen-bond acceptors (Lipinski definition) is 1. The smallest absolute Gasteiger partial charge is 0.196 e. The molecule has 1 aliphatic rings. The maximum atomic E-state index is 6.00. The largest absolute Gasteiger partial charge is 0.369 e. The highest BCUT2D eigenvalue weighted by Gasteiger charge is 2.20. The Labute approximate surface area is 97.0 Å². The Morgan fingerprint density at radius 2 is 1.88 bits per heavy atom. The van der Waals surface area contributed by atoms with E-state index in [1.165, 1.54) is 25.7 Å². The molecule has 1 saturated carbocycles. The van der Waals surface area contributed by atoms with Gasteiger partial charge in [-0.2, -0.15) is 0 Å². The topological polar surface area (TPSA) is 41.6 Å². The lowest BCUT2D eigenvalue weighted by Crippen LogP contribution is -2.40. The second-order valence-corrected chi connectivity index (χ2v) is 4.35. The van der Waals surface area contributed by atoms with Crippen molar-refractivity contribution < 1.29 is 0 Å². The van der Waals surface area contributed by atoms with Gasteiger partial charge in [-0.15, -0.1) is 0 Å². The molecule has 2 rings (SSSR count). The predicted octanol–water partition coefficient (Wildman–Crippen LogP) is 2.51. The SMILES string of the molecule is CN(C(N)=Nc1ccccc1)C1CCCC1. The second kappa shape index (κ2) is 5.01. The van der Waals surface area contributed by atoms with E-state index in [-0.39, 0.29) is 0 Å². The molecule has 0 aromatic heterocycles. The summed E-state index contributed by atoms with van der Waals surface area (Å²) < 4.78 is 0. The van der Waals surface area contributed by atoms with E-state index in [4.69, 9.17) is 5.73 Å². The van der Waals surface area contributed by atoms with Gasteiger partial charge >= 0.3 is 0 Å². The first-order valence-corrected chi connectivity index (χ1v) is 5.89. The molecular formula is C13H19N3. The molecule has 1 fully saturated rings. The molecule has 0 aliphatic heterocycles. The van der Waals surface area contributed by atoms with Crippen molar-refractivity contribution in [3.05, 3.63) is 30.3 Å². The van der Waals surface area contributed by atoms with Gasteiger partial charge < -0.3 is 10.6 Å². The van der Waals surface area contributed by atoms with Gasteiger partial charge in [0.05, 0.1) is 5.69 Å². The van der Waals surface area contributed by atoms with E-state index in [1.807, 2.05) is 37.4 Å². The second-order valence-electron chi connectivity index (χ2n) is 4.35. The highest BCUT2D eigenvalue weighted by atomic mass is 15.3. The van der Waals surface area contributed by atoms with E-state index >= 15 is 0 Å². The number of benzene rings is 1. The van der Waals surface area contributed by atoms with Crippen molar-refractivity contribution in [2.24, 2.45) is 10.7 Å². The Morgan fingerprint density at radius 1 is 1.25 bits per heavy atom. The summed E-state index contributed by atoms with van der Waals surface area (Å²) in [6, 6.07) is 10.4. The Balaban J connectivity index is 2.06. The molecule has 16 heavy (non-hydrogen) atoms. The van der Waals surface area contributed by atoms with Crippen LogP contribution in [0.1, 0.15) is 25.7 Å². The molecule has 1 aromatic carbocycles. The van der Waals surface area contributed by atoms with Gasteiger partial charge in [-0.25, -0.2) is 4.99 Å². The molecule has 1 aromatic rings. The van der Waals surface area contributed by atoms with Crippen molar-refractivity contribution in [1.82, 2.24) is 4.90 Å². The summed E-state index contributed by atoms with van der Waals surface area (Å²) in [6.07, 6.45) is 5.10. The van der Waals surface area contributed by atoms with Crippen LogP contribution in [0.4, 0.5) is 5.69 Å². The quantitative estimate of drug-likeness (QED) is 0.611. The Morgan fingerprint density at radius 3 is 2.50 bits per heavy atom. The molecule has 0 atom stereocenters. The van der Waals surface area contributed by atoms with E-state index in [0.29, 0.717) is 12.0 Å². The average Bonchev–Trinajstić information content (AvgIpc) is 2.83. The fraction of sp³-hybridized carbons (Fsp3) is 0.462. The molecule has 0 spiro atoms.